The van der Waals surface area contributed by atoms with Gasteiger partial charge in [-0.25, -0.2) is 9.78 Å². The molecule has 0 aliphatic heterocycles. The van der Waals surface area contributed by atoms with E-state index in [1.165, 1.54) is 24.6 Å². The van der Waals surface area contributed by atoms with Crippen molar-refractivity contribution in [3.8, 4) is 16.3 Å². The number of amides is 1. The summed E-state index contributed by atoms with van der Waals surface area (Å²) in [4.78, 5) is 29.0. The molecule has 8 heteroatoms. The van der Waals surface area contributed by atoms with Gasteiger partial charge in [0.1, 0.15) is 11.1 Å². The number of fused-ring (bicyclic) bond motifs is 1. The molecule has 4 rings (SSSR count). The Hall–Kier alpha value is -3.65. The maximum Gasteiger partial charge on any atom is 0.339 e. The molecule has 1 aromatic carbocycles. The van der Waals surface area contributed by atoms with E-state index in [9.17, 15) is 14.7 Å². The molecule has 0 unspecified atom stereocenters. The molecule has 0 atom stereocenters. The van der Waals surface area contributed by atoms with Crippen LogP contribution in [0.2, 0.25) is 0 Å². The fourth-order valence-electron chi connectivity index (χ4n) is 2.79. The predicted octanol–water partition coefficient (Wildman–Crippen LogP) is 4.52. The lowest BCUT2D eigenvalue weighted by molar-refractivity contribution is 0.0699. The number of nitrogens with zero attached hydrogens (tertiary/aromatic N) is 1. The van der Waals surface area contributed by atoms with Gasteiger partial charge in [-0.3, -0.25) is 4.79 Å². The molecular weight excluding hydrogens is 380 g/mol. The Labute approximate surface area is 163 Å². The Kier molecular flexibility index (Phi) is 4.54. The molecule has 7 nitrogen and oxygen atoms in total. The lowest BCUT2D eigenvalue weighted by Gasteiger charge is -2.05. The van der Waals surface area contributed by atoms with Gasteiger partial charge >= 0.3 is 5.97 Å². The number of ether oxygens (including phenoxy) is 1. The maximum atomic E-state index is 12.6. The molecule has 0 saturated carbocycles. The minimum absolute atomic E-state index is 0.00132. The topological polar surface area (TPSA) is 102 Å². The van der Waals surface area contributed by atoms with E-state index in [0.717, 1.165) is 5.39 Å². The van der Waals surface area contributed by atoms with Crippen molar-refractivity contribution in [1.82, 2.24) is 4.98 Å². The first-order valence-corrected chi connectivity index (χ1v) is 9.10. The number of para-hydroxylation sites is 1. The second-order valence-electron chi connectivity index (χ2n) is 5.85. The molecule has 4 aromatic rings. The number of carboxylic acid groups (broad SMARTS) is 1. The monoisotopic (exact) mass is 394 g/mol. The number of methoxy groups -OCH3 is 1. The second kappa shape index (κ2) is 7.16. The number of hydrogen-bond donors (Lipinski definition) is 2. The Morgan fingerprint density at radius 2 is 2.04 bits per heavy atom. The number of carbonyl (C=O) groups excluding carboxylic acids is 1. The highest BCUT2D eigenvalue weighted by Crippen LogP contribution is 2.36. The number of anilines is 1. The van der Waals surface area contributed by atoms with Crippen molar-refractivity contribution in [3.63, 3.8) is 0 Å². The highest BCUT2D eigenvalue weighted by Gasteiger charge is 2.23. The zero-order valence-electron chi connectivity index (χ0n) is 14.6. The first kappa shape index (κ1) is 17.7. The molecule has 2 N–H and O–H groups in total. The number of rotatable bonds is 5. The van der Waals surface area contributed by atoms with E-state index < -0.39 is 11.9 Å². The number of hydrogen-bond acceptors (Lipinski definition) is 6. The Bertz CT molecular complexity index is 1140. The number of carboxylic acids is 1. The van der Waals surface area contributed by atoms with Gasteiger partial charge in [-0.05, 0) is 18.2 Å². The van der Waals surface area contributed by atoms with E-state index in [0.29, 0.717) is 21.9 Å². The molecule has 0 aliphatic rings. The van der Waals surface area contributed by atoms with Gasteiger partial charge in [0.2, 0.25) is 5.88 Å². The highest BCUT2D eigenvalue weighted by molar-refractivity contribution is 7.14. The summed E-state index contributed by atoms with van der Waals surface area (Å²) >= 11 is 1.21. The largest absolute Gasteiger partial charge is 0.481 e. The van der Waals surface area contributed by atoms with Gasteiger partial charge < -0.3 is 19.6 Å². The van der Waals surface area contributed by atoms with Gasteiger partial charge in [0.05, 0.1) is 17.7 Å². The average molecular weight is 394 g/mol. The third-order valence-electron chi connectivity index (χ3n) is 4.11. The molecule has 0 radical (unpaired) electrons. The van der Waals surface area contributed by atoms with E-state index in [2.05, 4.69) is 10.3 Å². The number of benzene rings is 1. The molecule has 0 saturated heterocycles. The molecule has 0 bridgehead atoms. The molecule has 3 aromatic heterocycles. The van der Waals surface area contributed by atoms with Gasteiger partial charge in [-0.15, -0.1) is 11.3 Å². The number of thiophene rings is 1. The molecule has 0 spiro atoms. The SMILES string of the molecule is COc1ccc(-c2scc(NC(=O)c3cc4ccccc4o3)c2C(=O)O)cn1. The zero-order valence-corrected chi connectivity index (χ0v) is 15.4. The lowest BCUT2D eigenvalue weighted by atomic mass is 10.1. The number of aromatic nitrogens is 1. The van der Waals surface area contributed by atoms with E-state index in [-0.39, 0.29) is 17.0 Å². The normalized spacial score (nSPS) is 10.8. The van der Waals surface area contributed by atoms with Crippen molar-refractivity contribution in [2.45, 2.75) is 0 Å². The van der Waals surface area contributed by atoms with Crippen LogP contribution < -0.4 is 10.1 Å². The maximum absolute atomic E-state index is 12.6. The number of carbonyl (C=O) groups is 2. The van der Waals surface area contributed by atoms with Crippen LogP contribution in [-0.4, -0.2) is 29.1 Å². The number of nitrogens with one attached hydrogen (secondary N) is 1. The van der Waals surface area contributed by atoms with Crippen LogP contribution >= 0.6 is 11.3 Å². The quantitative estimate of drug-likeness (QED) is 0.516. The van der Waals surface area contributed by atoms with E-state index >= 15 is 0 Å². The number of aromatic carboxylic acids is 1. The summed E-state index contributed by atoms with van der Waals surface area (Å²) in [5.41, 5.74) is 1.41. The first-order chi connectivity index (χ1) is 13.6. The molecule has 140 valence electrons. The van der Waals surface area contributed by atoms with Crippen molar-refractivity contribution in [2.24, 2.45) is 0 Å². The van der Waals surface area contributed by atoms with Crippen molar-refractivity contribution >= 4 is 39.9 Å². The highest BCUT2D eigenvalue weighted by atomic mass is 32.1. The third-order valence-corrected chi connectivity index (χ3v) is 5.14. The lowest BCUT2D eigenvalue weighted by Crippen LogP contribution is -2.13. The summed E-state index contributed by atoms with van der Waals surface area (Å²) in [6.45, 7) is 0. The smallest absolute Gasteiger partial charge is 0.339 e. The molecule has 3 heterocycles. The average Bonchev–Trinajstić information content (AvgIpc) is 3.32. The number of furan rings is 1. The van der Waals surface area contributed by atoms with Gasteiger partial charge in [-0.2, -0.15) is 0 Å². The summed E-state index contributed by atoms with van der Waals surface area (Å²) < 4.78 is 10.6. The fraction of sp³-hybridized carbons (Fsp3) is 0.0500. The molecule has 0 aliphatic carbocycles. The molecule has 1 amide bonds. The van der Waals surface area contributed by atoms with Crippen LogP contribution in [0.1, 0.15) is 20.9 Å². The van der Waals surface area contributed by atoms with Gasteiger partial charge in [0.25, 0.3) is 5.91 Å². The summed E-state index contributed by atoms with van der Waals surface area (Å²) in [7, 11) is 1.50. The van der Waals surface area contributed by atoms with E-state index in [1.807, 2.05) is 18.2 Å². The molecule has 28 heavy (non-hydrogen) atoms. The first-order valence-electron chi connectivity index (χ1n) is 8.22. The van der Waals surface area contributed by atoms with Crippen molar-refractivity contribution < 1.29 is 23.8 Å². The van der Waals surface area contributed by atoms with Crippen LogP contribution in [-0.2, 0) is 0 Å². The van der Waals surface area contributed by atoms with Gasteiger partial charge in [0, 0.05) is 28.6 Å². The summed E-state index contributed by atoms with van der Waals surface area (Å²) in [6.07, 6.45) is 1.53. The minimum atomic E-state index is -1.15. The van der Waals surface area contributed by atoms with Crippen molar-refractivity contribution in [3.05, 3.63) is 65.4 Å². The van der Waals surface area contributed by atoms with Crippen LogP contribution in [0.4, 0.5) is 5.69 Å². The standard InChI is InChI=1S/C20H14N2O5S/c1-26-16-7-6-12(9-21-16)18-17(20(24)25)13(10-28-18)22-19(23)15-8-11-4-2-3-5-14(11)27-15/h2-10H,1H3,(H,22,23)(H,24,25). The van der Waals surface area contributed by atoms with Crippen molar-refractivity contribution in [2.75, 3.05) is 12.4 Å². The second-order valence-corrected chi connectivity index (χ2v) is 6.73. The van der Waals surface area contributed by atoms with Crippen LogP contribution in [0.3, 0.4) is 0 Å². The van der Waals surface area contributed by atoms with Crippen LogP contribution in [0.15, 0.2) is 58.5 Å². The summed E-state index contributed by atoms with van der Waals surface area (Å²) in [5.74, 6) is -1.13. The summed E-state index contributed by atoms with van der Waals surface area (Å²) in [5, 5.41) is 14.7. The van der Waals surface area contributed by atoms with Gasteiger partial charge in [-0.1, -0.05) is 18.2 Å². The number of pyridine rings is 1. The fourth-order valence-corrected chi connectivity index (χ4v) is 3.77. The predicted molar refractivity (Wildman–Crippen MR) is 105 cm³/mol. The Balaban J connectivity index is 1.66. The Morgan fingerprint density at radius 1 is 1.21 bits per heavy atom. The molecular formula is C20H14N2O5S. The van der Waals surface area contributed by atoms with Crippen LogP contribution in [0.25, 0.3) is 21.4 Å². The van der Waals surface area contributed by atoms with Crippen LogP contribution in [0.5, 0.6) is 5.88 Å². The molecule has 0 fully saturated rings. The summed E-state index contributed by atoms with van der Waals surface area (Å²) in [6, 6.07) is 12.2. The van der Waals surface area contributed by atoms with Gasteiger partial charge in [0.15, 0.2) is 5.76 Å². The van der Waals surface area contributed by atoms with E-state index in [1.54, 1.807) is 29.6 Å². The minimum Gasteiger partial charge on any atom is -0.481 e. The van der Waals surface area contributed by atoms with Crippen LogP contribution in [0, 0.1) is 0 Å². The van der Waals surface area contributed by atoms with Crippen molar-refractivity contribution in [1.29, 1.82) is 0 Å². The third kappa shape index (κ3) is 3.21. The Morgan fingerprint density at radius 3 is 2.71 bits per heavy atom. The zero-order chi connectivity index (χ0) is 19.7. The van der Waals surface area contributed by atoms with E-state index in [4.69, 9.17) is 9.15 Å².